The topological polar surface area (TPSA) is 113 Å². The van der Waals surface area contributed by atoms with E-state index in [0.717, 1.165) is 12.1 Å². The highest BCUT2D eigenvalue weighted by Crippen LogP contribution is 2.25. The minimum absolute atomic E-state index is 0.266. The summed E-state index contributed by atoms with van der Waals surface area (Å²) in [4.78, 5) is 7.76. The Hall–Kier alpha value is -1.81. The SMILES string of the molecule is CC(OS(=O)(=O)c1ccc(N)cc1)C(F)(F)[N+](=O)[O-]. The van der Waals surface area contributed by atoms with Gasteiger partial charge in [0.25, 0.3) is 10.1 Å². The molecule has 1 atom stereocenters. The summed E-state index contributed by atoms with van der Waals surface area (Å²) in [6.07, 6.45) is -2.44. The van der Waals surface area contributed by atoms with Crippen LogP contribution in [0.5, 0.6) is 0 Å². The van der Waals surface area contributed by atoms with Crippen LogP contribution in [0.4, 0.5) is 14.5 Å². The predicted octanol–water partition coefficient (Wildman–Crippen LogP) is 1.23. The van der Waals surface area contributed by atoms with Gasteiger partial charge < -0.3 is 5.73 Å². The van der Waals surface area contributed by atoms with Crippen molar-refractivity contribution in [3.8, 4) is 0 Å². The van der Waals surface area contributed by atoms with Crippen LogP contribution in [0, 0.1) is 10.1 Å². The molecule has 2 N–H and O–H groups in total. The molecule has 106 valence electrons. The Morgan fingerprint density at radius 1 is 1.37 bits per heavy atom. The second kappa shape index (κ2) is 5.05. The van der Waals surface area contributed by atoms with E-state index in [1.165, 1.54) is 12.1 Å². The molecule has 0 aromatic heterocycles. The van der Waals surface area contributed by atoms with E-state index < -0.39 is 32.1 Å². The van der Waals surface area contributed by atoms with Crippen molar-refractivity contribution in [1.82, 2.24) is 0 Å². The van der Waals surface area contributed by atoms with Crippen LogP contribution in [0.15, 0.2) is 29.2 Å². The summed E-state index contributed by atoms with van der Waals surface area (Å²) in [6, 6.07) is 0.0311. The summed E-state index contributed by atoms with van der Waals surface area (Å²) >= 11 is 0. The molecule has 1 aromatic carbocycles. The molecule has 19 heavy (non-hydrogen) atoms. The third-order valence-corrected chi connectivity index (χ3v) is 3.56. The number of hydrogen-bond acceptors (Lipinski definition) is 6. The molecule has 1 unspecified atom stereocenters. The normalized spacial score (nSPS) is 14.1. The van der Waals surface area contributed by atoms with E-state index in [1.807, 2.05) is 0 Å². The van der Waals surface area contributed by atoms with Crippen LogP contribution >= 0.6 is 0 Å². The molecule has 0 radical (unpaired) electrons. The number of rotatable bonds is 5. The number of anilines is 1. The zero-order valence-electron chi connectivity index (χ0n) is 9.62. The van der Waals surface area contributed by atoms with E-state index in [9.17, 15) is 27.3 Å². The lowest BCUT2D eigenvalue weighted by molar-refractivity contribution is -0.654. The van der Waals surface area contributed by atoms with Crippen molar-refractivity contribution in [3.05, 3.63) is 34.4 Å². The van der Waals surface area contributed by atoms with Gasteiger partial charge in [-0.2, -0.15) is 8.42 Å². The van der Waals surface area contributed by atoms with Crippen LogP contribution in [-0.4, -0.2) is 25.5 Å². The molecule has 0 bridgehead atoms. The van der Waals surface area contributed by atoms with Gasteiger partial charge >= 0.3 is 6.05 Å². The number of alkyl halides is 2. The molecule has 0 fully saturated rings. The second-order valence-corrected chi connectivity index (χ2v) is 5.18. The van der Waals surface area contributed by atoms with Crippen molar-refractivity contribution in [1.29, 1.82) is 0 Å². The van der Waals surface area contributed by atoms with Crippen LogP contribution in [0.2, 0.25) is 0 Å². The van der Waals surface area contributed by atoms with E-state index in [0.29, 0.717) is 6.92 Å². The van der Waals surface area contributed by atoms with Gasteiger partial charge in [-0.3, -0.25) is 10.1 Å². The van der Waals surface area contributed by atoms with E-state index in [1.54, 1.807) is 0 Å². The highest BCUT2D eigenvalue weighted by Gasteiger charge is 2.53. The van der Waals surface area contributed by atoms with Crippen molar-refractivity contribution in [3.63, 3.8) is 0 Å². The molecule has 0 aliphatic heterocycles. The lowest BCUT2D eigenvalue weighted by Crippen LogP contribution is -2.41. The fourth-order valence-corrected chi connectivity index (χ4v) is 2.16. The van der Waals surface area contributed by atoms with E-state index in [4.69, 9.17) is 5.73 Å². The Bertz CT molecular complexity index is 573. The van der Waals surface area contributed by atoms with Gasteiger partial charge in [0.05, 0.1) is 9.82 Å². The molecule has 10 heteroatoms. The van der Waals surface area contributed by atoms with Gasteiger partial charge in [-0.25, -0.2) is 4.18 Å². The average Bonchev–Trinajstić information content (AvgIpc) is 2.28. The molecular formula is C9H10F2N2O5S. The van der Waals surface area contributed by atoms with Crippen molar-refractivity contribution in [2.45, 2.75) is 24.0 Å². The zero-order chi connectivity index (χ0) is 14.8. The lowest BCUT2D eigenvalue weighted by atomic mass is 10.3. The monoisotopic (exact) mass is 296 g/mol. The fraction of sp³-hybridized carbons (Fsp3) is 0.333. The van der Waals surface area contributed by atoms with Crippen LogP contribution in [-0.2, 0) is 14.3 Å². The Morgan fingerprint density at radius 2 is 1.84 bits per heavy atom. The fourth-order valence-electron chi connectivity index (χ4n) is 1.09. The number of nitro groups is 1. The number of nitrogen functional groups attached to an aromatic ring is 1. The first-order chi connectivity index (χ1) is 8.57. The van der Waals surface area contributed by atoms with Gasteiger partial charge in [-0.15, -0.1) is 8.78 Å². The molecule has 1 aromatic rings. The van der Waals surface area contributed by atoms with Crippen molar-refractivity contribution < 1.29 is 26.3 Å². The molecule has 0 aliphatic rings. The summed E-state index contributed by atoms with van der Waals surface area (Å²) in [5.74, 6) is 0. The highest BCUT2D eigenvalue weighted by atomic mass is 32.2. The molecular weight excluding hydrogens is 286 g/mol. The maximum absolute atomic E-state index is 12.9. The Morgan fingerprint density at radius 3 is 2.26 bits per heavy atom. The van der Waals surface area contributed by atoms with E-state index in [2.05, 4.69) is 4.18 Å². The first kappa shape index (κ1) is 15.2. The van der Waals surface area contributed by atoms with E-state index >= 15 is 0 Å². The van der Waals surface area contributed by atoms with Gasteiger partial charge in [0.2, 0.25) is 6.10 Å². The Labute approximate surface area is 107 Å². The smallest absolute Gasteiger partial charge is 0.399 e. The quantitative estimate of drug-likeness (QED) is 0.287. The summed E-state index contributed by atoms with van der Waals surface area (Å²) < 4.78 is 53.2. The van der Waals surface area contributed by atoms with Gasteiger partial charge in [-0.1, -0.05) is 0 Å². The highest BCUT2D eigenvalue weighted by molar-refractivity contribution is 7.86. The minimum Gasteiger partial charge on any atom is -0.399 e. The van der Waals surface area contributed by atoms with Gasteiger partial charge in [0.15, 0.2) is 0 Å². The number of nitrogens with zero attached hydrogens (tertiary/aromatic N) is 1. The average molecular weight is 296 g/mol. The lowest BCUT2D eigenvalue weighted by Gasteiger charge is -2.15. The second-order valence-electron chi connectivity index (χ2n) is 3.61. The molecule has 0 saturated heterocycles. The molecule has 0 aliphatic carbocycles. The van der Waals surface area contributed by atoms with Crippen LogP contribution in [0.1, 0.15) is 6.92 Å². The number of benzene rings is 1. The number of hydrogen-bond donors (Lipinski definition) is 1. The Balaban J connectivity index is 2.98. The third kappa shape index (κ3) is 3.35. The first-order valence-corrected chi connectivity index (χ1v) is 6.29. The van der Waals surface area contributed by atoms with Crippen LogP contribution in [0.3, 0.4) is 0 Å². The molecule has 0 amide bonds. The van der Waals surface area contributed by atoms with Gasteiger partial charge in [0, 0.05) is 5.69 Å². The zero-order valence-corrected chi connectivity index (χ0v) is 10.4. The van der Waals surface area contributed by atoms with Crippen LogP contribution < -0.4 is 5.73 Å². The molecule has 1 rings (SSSR count). The summed E-state index contributed by atoms with van der Waals surface area (Å²) in [5, 5.41) is 10.1. The van der Waals surface area contributed by atoms with E-state index in [-0.39, 0.29) is 5.69 Å². The molecule has 0 saturated carbocycles. The van der Waals surface area contributed by atoms with Crippen LogP contribution in [0.25, 0.3) is 0 Å². The maximum atomic E-state index is 12.9. The predicted molar refractivity (Wildman–Crippen MR) is 60.5 cm³/mol. The van der Waals surface area contributed by atoms with Crippen molar-refractivity contribution in [2.75, 3.05) is 5.73 Å². The number of halogens is 2. The third-order valence-electron chi connectivity index (χ3n) is 2.17. The molecule has 0 spiro atoms. The van der Waals surface area contributed by atoms with Gasteiger partial charge in [-0.05, 0) is 31.2 Å². The summed E-state index contributed by atoms with van der Waals surface area (Å²) in [5.41, 5.74) is 5.60. The Kier molecular flexibility index (Phi) is 4.06. The van der Waals surface area contributed by atoms with Crippen molar-refractivity contribution >= 4 is 15.8 Å². The maximum Gasteiger partial charge on any atom is 0.538 e. The molecule has 0 heterocycles. The summed E-state index contributed by atoms with van der Waals surface area (Å²) in [6.45, 7) is 0.595. The first-order valence-electron chi connectivity index (χ1n) is 4.88. The standard InChI is InChI=1S/C9H10F2N2O5S/c1-6(9(10,11)13(14)15)18-19(16,17)8-4-2-7(12)3-5-8/h2-6H,12H2,1H3. The minimum atomic E-state index is -4.53. The summed E-state index contributed by atoms with van der Waals surface area (Å²) in [7, 11) is -4.53. The largest absolute Gasteiger partial charge is 0.538 e. The number of nitrogens with two attached hydrogens (primary N) is 1. The van der Waals surface area contributed by atoms with Crippen molar-refractivity contribution in [2.24, 2.45) is 0 Å². The molecule has 7 nitrogen and oxygen atoms in total. The van der Waals surface area contributed by atoms with Gasteiger partial charge in [0.1, 0.15) is 0 Å².